The maximum Gasteiger partial charge on any atom is 0.000819 e. The van der Waals surface area contributed by atoms with Crippen molar-refractivity contribution in [3.05, 3.63) is 5.21 Å². The van der Waals surface area contributed by atoms with E-state index in [4.69, 9.17) is 0 Å². The summed E-state index contributed by atoms with van der Waals surface area (Å²) in [7, 11) is 0. The monoisotopic (exact) mass is 186 g/mol. The molecule has 0 rings (SSSR count). The lowest BCUT2D eigenvalue weighted by Crippen LogP contribution is -2.34. The van der Waals surface area contributed by atoms with Crippen LogP contribution in [0, 0.1) is 5.21 Å². The molecule has 2 heteroatoms. The van der Waals surface area contributed by atoms with Crippen LogP contribution in [0.3, 0.4) is 0 Å². The largest absolute Gasteiger partial charge is 0.787 e. The van der Waals surface area contributed by atoms with Gasteiger partial charge in [-0.2, -0.15) is 0 Å². The molecule has 80 valence electrons. The molecule has 0 amide bonds. The molecule has 0 saturated carbocycles. The Kier molecular flexibility index (Phi) is 7.29. The predicted octanol–water partition coefficient (Wildman–Crippen LogP) is 3.60. The molecule has 2 nitrogen and oxygen atoms in total. The molecule has 0 aromatic heterocycles. The van der Waals surface area contributed by atoms with Crippen molar-refractivity contribution < 1.29 is 0 Å². The van der Waals surface area contributed by atoms with Crippen molar-refractivity contribution in [3.63, 3.8) is 0 Å². The summed E-state index contributed by atoms with van der Waals surface area (Å²) in [6.45, 7) is 6.16. The van der Waals surface area contributed by atoms with E-state index < -0.39 is 0 Å². The highest BCUT2D eigenvalue weighted by Crippen LogP contribution is 2.14. The van der Waals surface area contributed by atoms with E-state index in [1.807, 2.05) is 13.8 Å². The van der Waals surface area contributed by atoms with Gasteiger partial charge in [-0.1, -0.05) is 45.4 Å². The Balaban J connectivity index is 3.16. The number of hydrogen-bond donors (Lipinski definition) is 1. The normalized spacial score (nSPS) is 12.0. The first-order valence-corrected chi connectivity index (χ1v) is 5.51. The van der Waals surface area contributed by atoms with Gasteiger partial charge in [0.2, 0.25) is 0 Å². The van der Waals surface area contributed by atoms with Crippen molar-refractivity contribution in [2.75, 3.05) is 0 Å². The van der Waals surface area contributed by atoms with Crippen LogP contribution in [0.25, 0.3) is 0 Å². The van der Waals surface area contributed by atoms with Gasteiger partial charge in [0.1, 0.15) is 0 Å². The van der Waals surface area contributed by atoms with Crippen LogP contribution < -0.4 is 5.48 Å². The molecular formula is C11H24NO-. The Morgan fingerprint density at radius 1 is 1.00 bits per heavy atom. The lowest BCUT2D eigenvalue weighted by Gasteiger charge is -2.30. The highest BCUT2D eigenvalue weighted by atomic mass is 16.5. The van der Waals surface area contributed by atoms with E-state index in [9.17, 15) is 5.21 Å². The zero-order chi connectivity index (χ0) is 10.2. The van der Waals surface area contributed by atoms with Crippen LogP contribution >= 0.6 is 0 Å². The molecule has 0 heterocycles. The van der Waals surface area contributed by atoms with Crippen LogP contribution in [0.4, 0.5) is 0 Å². The van der Waals surface area contributed by atoms with E-state index in [-0.39, 0.29) is 5.54 Å². The molecule has 0 fully saturated rings. The van der Waals surface area contributed by atoms with Gasteiger partial charge in [0, 0.05) is 5.54 Å². The summed E-state index contributed by atoms with van der Waals surface area (Å²) in [5.74, 6) is 0. The number of unbranched alkanes of at least 4 members (excludes halogenated alkanes) is 5. The maximum atomic E-state index is 10.5. The summed E-state index contributed by atoms with van der Waals surface area (Å²) in [5.41, 5.74) is 1.88. The third-order valence-electron chi connectivity index (χ3n) is 2.43. The summed E-state index contributed by atoms with van der Waals surface area (Å²) in [6, 6.07) is 0. The molecule has 0 aromatic carbocycles. The van der Waals surface area contributed by atoms with E-state index in [1.165, 1.54) is 38.5 Å². The van der Waals surface area contributed by atoms with E-state index >= 15 is 0 Å². The third-order valence-corrected chi connectivity index (χ3v) is 2.43. The van der Waals surface area contributed by atoms with Crippen LogP contribution in [0.15, 0.2) is 0 Å². The van der Waals surface area contributed by atoms with Gasteiger partial charge < -0.3 is 10.7 Å². The highest BCUT2D eigenvalue weighted by Gasteiger charge is 2.10. The second-order valence-corrected chi connectivity index (χ2v) is 4.50. The topological polar surface area (TPSA) is 35.1 Å². The standard InChI is InChI=1S/C11H24NO/c1-4-5-6-7-8-9-10-11(2,3)12-13/h12H,4-10H2,1-3H3/q-1. The molecule has 0 atom stereocenters. The van der Waals surface area contributed by atoms with Crippen molar-refractivity contribution in [2.45, 2.75) is 71.3 Å². The molecule has 0 saturated heterocycles. The molecule has 0 unspecified atom stereocenters. The van der Waals surface area contributed by atoms with E-state index in [0.29, 0.717) is 0 Å². The van der Waals surface area contributed by atoms with Gasteiger partial charge >= 0.3 is 0 Å². The van der Waals surface area contributed by atoms with Crippen LogP contribution in [0.1, 0.15) is 65.7 Å². The second kappa shape index (κ2) is 7.34. The fourth-order valence-electron chi connectivity index (χ4n) is 1.40. The Hall–Kier alpha value is -0.0800. The van der Waals surface area contributed by atoms with Crippen molar-refractivity contribution >= 4 is 0 Å². The fraction of sp³-hybridized carbons (Fsp3) is 1.00. The summed E-state index contributed by atoms with van der Waals surface area (Å²) in [6.07, 6.45) is 8.75. The quantitative estimate of drug-likeness (QED) is 0.464. The average molecular weight is 186 g/mol. The van der Waals surface area contributed by atoms with Gasteiger partial charge in [0.25, 0.3) is 0 Å². The minimum Gasteiger partial charge on any atom is -0.787 e. The first-order chi connectivity index (χ1) is 6.12. The molecule has 0 spiro atoms. The molecule has 0 bridgehead atoms. The number of rotatable bonds is 8. The molecule has 0 radical (unpaired) electrons. The third kappa shape index (κ3) is 8.26. The first kappa shape index (κ1) is 12.9. The summed E-state index contributed by atoms with van der Waals surface area (Å²) in [5, 5.41) is 10.5. The molecule has 0 aliphatic heterocycles. The van der Waals surface area contributed by atoms with E-state index in [0.717, 1.165) is 6.42 Å². The second-order valence-electron chi connectivity index (χ2n) is 4.50. The number of hydroxylamine groups is 1. The lowest BCUT2D eigenvalue weighted by molar-refractivity contribution is 0.388. The van der Waals surface area contributed by atoms with Crippen LogP contribution in [-0.4, -0.2) is 5.54 Å². The zero-order valence-electron chi connectivity index (χ0n) is 9.36. The van der Waals surface area contributed by atoms with Crippen LogP contribution in [-0.2, 0) is 0 Å². The zero-order valence-corrected chi connectivity index (χ0v) is 9.36. The Bertz CT molecular complexity index is 113. The molecule has 1 N–H and O–H groups in total. The minimum absolute atomic E-state index is 0.218. The van der Waals surface area contributed by atoms with E-state index in [2.05, 4.69) is 12.4 Å². The van der Waals surface area contributed by atoms with Crippen LogP contribution in [0.2, 0.25) is 0 Å². The van der Waals surface area contributed by atoms with Gasteiger partial charge in [-0.3, -0.25) is 0 Å². The summed E-state index contributed by atoms with van der Waals surface area (Å²) >= 11 is 0. The molecule has 13 heavy (non-hydrogen) atoms. The fourth-order valence-corrected chi connectivity index (χ4v) is 1.40. The molecule has 0 aromatic rings. The van der Waals surface area contributed by atoms with Crippen molar-refractivity contribution in [1.29, 1.82) is 0 Å². The van der Waals surface area contributed by atoms with Crippen LogP contribution in [0.5, 0.6) is 0 Å². The van der Waals surface area contributed by atoms with Gasteiger partial charge in [-0.25, -0.2) is 0 Å². The number of hydrogen-bond acceptors (Lipinski definition) is 2. The highest BCUT2D eigenvalue weighted by molar-refractivity contribution is 4.76. The summed E-state index contributed by atoms with van der Waals surface area (Å²) in [4.78, 5) is 0. The maximum absolute atomic E-state index is 10.5. The van der Waals surface area contributed by atoms with E-state index in [1.54, 1.807) is 0 Å². The first-order valence-electron chi connectivity index (χ1n) is 5.51. The Morgan fingerprint density at radius 3 is 2.08 bits per heavy atom. The predicted molar refractivity (Wildman–Crippen MR) is 58.6 cm³/mol. The average Bonchev–Trinajstić information content (AvgIpc) is 2.11. The van der Waals surface area contributed by atoms with Gasteiger partial charge in [0.15, 0.2) is 0 Å². The minimum atomic E-state index is -0.218. The smallest absolute Gasteiger partial charge is 0.000819 e. The Labute approximate surface area is 82.7 Å². The van der Waals surface area contributed by atoms with Crippen molar-refractivity contribution in [1.82, 2.24) is 5.48 Å². The summed E-state index contributed by atoms with van der Waals surface area (Å²) < 4.78 is 0. The van der Waals surface area contributed by atoms with Crippen molar-refractivity contribution in [2.24, 2.45) is 0 Å². The molecule has 0 aliphatic rings. The van der Waals surface area contributed by atoms with Crippen molar-refractivity contribution in [3.8, 4) is 0 Å². The number of nitrogens with one attached hydrogen (secondary N) is 1. The Morgan fingerprint density at radius 2 is 1.54 bits per heavy atom. The van der Waals surface area contributed by atoms with Gasteiger partial charge in [-0.15, -0.1) is 0 Å². The SMILES string of the molecule is CCCCCCCCC(C)(C)N[O-]. The molecular weight excluding hydrogens is 162 g/mol. The molecule has 0 aliphatic carbocycles. The van der Waals surface area contributed by atoms with Gasteiger partial charge in [-0.05, 0) is 20.3 Å². The lowest BCUT2D eigenvalue weighted by atomic mass is 9.97. The van der Waals surface area contributed by atoms with Gasteiger partial charge in [0.05, 0.1) is 0 Å².